The summed E-state index contributed by atoms with van der Waals surface area (Å²) in [5.41, 5.74) is 8.81. The van der Waals surface area contributed by atoms with Crippen LogP contribution < -0.4 is 10.6 Å². The molecule has 2 N–H and O–H groups in total. The molecular formula is C16H18N2O2. The Morgan fingerprint density at radius 3 is 3.00 bits per heavy atom. The zero-order valence-electron chi connectivity index (χ0n) is 11.3. The van der Waals surface area contributed by atoms with Gasteiger partial charge in [0, 0.05) is 19.4 Å². The number of carbonyl (C=O) groups excluding carboxylic acids is 1. The Bertz CT molecular complexity index is 605. The van der Waals surface area contributed by atoms with Crippen molar-refractivity contribution >= 4 is 17.3 Å². The minimum Gasteiger partial charge on any atom is -0.469 e. The lowest BCUT2D eigenvalue weighted by atomic mass is 10.00. The third kappa shape index (κ3) is 2.41. The first-order chi connectivity index (χ1) is 9.75. The van der Waals surface area contributed by atoms with E-state index in [2.05, 4.69) is 6.07 Å². The molecule has 0 saturated carbocycles. The molecule has 0 unspecified atom stereocenters. The minimum absolute atomic E-state index is 0.111. The highest BCUT2D eigenvalue weighted by Crippen LogP contribution is 2.33. The molecule has 0 radical (unpaired) electrons. The lowest BCUT2D eigenvalue weighted by Crippen LogP contribution is -2.36. The predicted octanol–water partition coefficient (Wildman–Crippen LogP) is 2.77. The van der Waals surface area contributed by atoms with Crippen LogP contribution in [0.4, 0.5) is 11.4 Å². The second kappa shape index (κ2) is 5.41. The number of aryl methyl sites for hydroxylation is 2. The van der Waals surface area contributed by atoms with Gasteiger partial charge in [0.2, 0.25) is 5.91 Å². The average molecular weight is 270 g/mol. The third-order valence-electron chi connectivity index (χ3n) is 3.71. The molecule has 2 aromatic rings. The summed E-state index contributed by atoms with van der Waals surface area (Å²) in [6, 6.07) is 9.60. The van der Waals surface area contributed by atoms with Crippen molar-refractivity contribution in [3.8, 4) is 0 Å². The van der Waals surface area contributed by atoms with Crippen LogP contribution >= 0.6 is 0 Å². The fraction of sp³-hybridized carbons (Fsp3) is 0.312. The fourth-order valence-electron chi connectivity index (χ4n) is 2.75. The maximum Gasteiger partial charge on any atom is 0.227 e. The first kappa shape index (κ1) is 12.8. The topological polar surface area (TPSA) is 59.5 Å². The highest BCUT2D eigenvalue weighted by Gasteiger charge is 2.24. The number of fused-ring (bicyclic) bond motifs is 1. The number of carbonyl (C=O) groups is 1. The standard InChI is InChI=1S/C16H18N2O2/c17-14-7-1-4-12-5-2-10-18(16(12)14)15(19)9-8-13-6-3-11-20-13/h1,3-4,6-7,11H,2,5,8-10,17H2. The third-order valence-corrected chi connectivity index (χ3v) is 3.71. The smallest absolute Gasteiger partial charge is 0.227 e. The number of furan rings is 1. The van der Waals surface area contributed by atoms with Crippen molar-refractivity contribution in [3.63, 3.8) is 0 Å². The molecule has 0 atom stereocenters. The van der Waals surface area contributed by atoms with Crippen LogP contribution in [0.2, 0.25) is 0 Å². The van der Waals surface area contributed by atoms with Crippen molar-refractivity contribution in [2.24, 2.45) is 0 Å². The summed E-state index contributed by atoms with van der Waals surface area (Å²) in [6.45, 7) is 0.748. The van der Waals surface area contributed by atoms with Gasteiger partial charge >= 0.3 is 0 Å². The molecule has 1 amide bonds. The van der Waals surface area contributed by atoms with Gasteiger partial charge in [-0.3, -0.25) is 4.79 Å². The summed E-state index contributed by atoms with van der Waals surface area (Å²) in [6.07, 6.45) is 4.69. The van der Waals surface area contributed by atoms with E-state index in [0.717, 1.165) is 30.8 Å². The maximum absolute atomic E-state index is 12.4. The molecule has 104 valence electrons. The minimum atomic E-state index is 0.111. The lowest BCUT2D eigenvalue weighted by Gasteiger charge is -2.30. The second-order valence-electron chi connectivity index (χ2n) is 5.08. The molecule has 20 heavy (non-hydrogen) atoms. The van der Waals surface area contributed by atoms with E-state index in [1.807, 2.05) is 29.2 Å². The number of hydrogen-bond donors (Lipinski definition) is 1. The maximum atomic E-state index is 12.4. The molecule has 0 spiro atoms. The number of nitrogens with two attached hydrogens (primary N) is 1. The van der Waals surface area contributed by atoms with Gasteiger partial charge in [0.25, 0.3) is 0 Å². The summed E-state index contributed by atoms with van der Waals surface area (Å²) in [7, 11) is 0. The van der Waals surface area contributed by atoms with Gasteiger partial charge in [-0.05, 0) is 36.6 Å². The predicted molar refractivity (Wildman–Crippen MR) is 78.6 cm³/mol. The number of rotatable bonds is 3. The normalized spacial score (nSPS) is 14.1. The molecule has 0 saturated heterocycles. The van der Waals surface area contributed by atoms with E-state index in [-0.39, 0.29) is 5.91 Å². The fourth-order valence-corrected chi connectivity index (χ4v) is 2.75. The van der Waals surface area contributed by atoms with Crippen LogP contribution in [0, 0.1) is 0 Å². The van der Waals surface area contributed by atoms with Crippen LogP contribution in [0.3, 0.4) is 0 Å². The van der Waals surface area contributed by atoms with Crippen LogP contribution in [0.1, 0.15) is 24.2 Å². The number of amides is 1. The Hall–Kier alpha value is -2.23. The van der Waals surface area contributed by atoms with Gasteiger partial charge < -0.3 is 15.1 Å². The van der Waals surface area contributed by atoms with E-state index in [1.54, 1.807) is 6.26 Å². The van der Waals surface area contributed by atoms with Crippen LogP contribution in [0.25, 0.3) is 0 Å². The van der Waals surface area contributed by atoms with E-state index in [0.29, 0.717) is 18.5 Å². The van der Waals surface area contributed by atoms with Crippen molar-refractivity contribution in [1.29, 1.82) is 0 Å². The van der Waals surface area contributed by atoms with Crippen molar-refractivity contribution < 1.29 is 9.21 Å². The van der Waals surface area contributed by atoms with Crippen LogP contribution in [0.5, 0.6) is 0 Å². The number of nitrogens with zero attached hydrogens (tertiary/aromatic N) is 1. The van der Waals surface area contributed by atoms with Crippen LogP contribution in [-0.4, -0.2) is 12.5 Å². The summed E-state index contributed by atoms with van der Waals surface area (Å²) in [4.78, 5) is 14.3. The molecule has 0 bridgehead atoms. The van der Waals surface area contributed by atoms with E-state index in [1.165, 1.54) is 5.56 Å². The molecule has 1 aromatic heterocycles. The van der Waals surface area contributed by atoms with Crippen molar-refractivity contribution in [3.05, 3.63) is 47.9 Å². The van der Waals surface area contributed by atoms with Gasteiger partial charge in [0.05, 0.1) is 17.6 Å². The van der Waals surface area contributed by atoms with Gasteiger partial charge in [-0.1, -0.05) is 12.1 Å². The van der Waals surface area contributed by atoms with E-state index in [4.69, 9.17) is 10.2 Å². The SMILES string of the molecule is Nc1cccc2c1N(C(=O)CCc1ccco1)CCC2. The van der Waals surface area contributed by atoms with E-state index in [9.17, 15) is 4.79 Å². The molecule has 2 heterocycles. The number of para-hydroxylation sites is 1. The van der Waals surface area contributed by atoms with Gasteiger partial charge in [-0.25, -0.2) is 0 Å². The first-order valence-electron chi connectivity index (χ1n) is 6.96. The monoisotopic (exact) mass is 270 g/mol. The Morgan fingerprint density at radius 1 is 1.30 bits per heavy atom. The van der Waals surface area contributed by atoms with Gasteiger partial charge in [-0.2, -0.15) is 0 Å². The van der Waals surface area contributed by atoms with Crippen molar-refractivity contribution in [2.75, 3.05) is 17.2 Å². The molecule has 1 aliphatic heterocycles. The number of anilines is 2. The highest BCUT2D eigenvalue weighted by atomic mass is 16.3. The molecule has 4 nitrogen and oxygen atoms in total. The van der Waals surface area contributed by atoms with Crippen molar-refractivity contribution in [2.45, 2.75) is 25.7 Å². The van der Waals surface area contributed by atoms with Crippen LogP contribution in [-0.2, 0) is 17.6 Å². The molecule has 0 fully saturated rings. The van der Waals surface area contributed by atoms with E-state index >= 15 is 0 Å². The zero-order chi connectivity index (χ0) is 13.9. The molecule has 1 aromatic carbocycles. The lowest BCUT2D eigenvalue weighted by molar-refractivity contribution is -0.118. The van der Waals surface area contributed by atoms with E-state index < -0.39 is 0 Å². The molecule has 1 aliphatic rings. The van der Waals surface area contributed by atoms with Gasteiger partial charge in [-0.15, -0.1) is 0 Å². The zero-order valence-corrected chi connectivity index (χ0v) is 11.3. The number of hydrogen-bond acceptors (Lipinski definition) is 3. The summed E-state index contributed by atoms with van der Waals surface area (Å²) in [5, 5.41) is 0. The summed E-state index contributed by atoms with van der Waals surface area (Å²) < 4.78 is 5.27. The number of benzene rings is 1. The van der Waals surface area contributed by atoms with Crippen molar-refractivity contribution in [1.82, 2.24) is 0 Å². The molecular weight excluding hydrogens is 252 g/mol. The highest BCUT2D eigenvalue weighted by molar-refractivity contribution is 5.97. The van der Waals surface area contributed by atoms with Gasteiger partial charge in [0.15, 0.2) is 0 Å². The van der Waals surface area contributed by atoms with Gasteiger partial charge in [0.1, 0.15) is 5.76 Å². The molecule has 0 aliphatic carbocycles. The summed E-state index contributed by atoms with van der Waals surface area (Å²) in [5.74, 6) is 0.955. The largest absolute Gasteiger partial charge is 0.469 e. The first-order valence-corrected chi connectivity index (χ1v) is 6.96. The summed E-state index contributed by atoms with van der Waals surface area (Å²) >= 11 is 0. The Kier molecular flexibility index (Phi) is 3.46. The quantitative estimate of drug-likeness (QED) is 0.872. The Morgan fingerprint density at radius 2 is 2.20 bits per heavy atom. The number of nitrogen functional groups attached to an aromatic ring is 1. The van der Waals surface area contributed by atoms with Crippen LogP contribution in [0.15, 0.2) is 41.0 Å². The average Bonchev–Trinajstić information content (AvgIpc) is 2.98. The Labute approximate surface area is 118 Å². The Balaban J connectivity index is 1.76. The molecule has 4 heteroatoms. The second-order valence-corrected chi connectivity index (χ2v) is 5.08. The molecule has 3 rings (SSSR count).